The van der Waals surface area contributed by atoms with Crippen molar-refractivity contribution in [2.75, 3.05) is 5.32 Å². The Balaban J connectivity index is 1.89. The molecule has 18 heavy (non-hydrogen) atoms. The van der Waals surface area contributed by atoms with Crippen LogP contribution in [0, 0.1) is 12.3 Å². The number of terminal acetylenes is 1. The maximum Gasteiger partial charge on any atom is 0.226 e. The fourth-order valence-electron chi connectivity index (χ4n) is 1.72. The molecule has 0 fully saturated rings. The summed E-state index contributed by atoms with van der Waals surface area (Å²) in [6.45, 7) is 0. The number of carbonyl (C=O) groups is 1. The molecule has 0 saturated carbocycles. The molecule has 0 saturated heterocycles. The summed E-state index contributed by atoms with van der Waals surface area (Å²) in [7, 11) is 0. The van der Waals surface area contributed by atoms with Crippen molar-refractivity contribution < 1.29 is 4.79 Å². The number of nitrogens with one attached hydrogen (secondary N) is 2. The summed E-state index contributed by atoms with van der Waals surface area (Å²) in [6, 6.07) is 7.65. The van der Waals surface area contributed by atoms with E-state index in [1.807, 2.05) is 24.3 Å². The van der Waals surface area contributed by atoms with Crippen molar-refractivity contribution in [2.45, 2.75) is 25.7 Å². The van der Waals surface area contributed by atoms with E-state index in [-0.39, 0.29) is 5.91 Å². The smallest absolute Gasteiger partial charge is 0.226 e. The minimum Gasteiger partial charge on any atom is -0.324 e. The molecule has 2 aromatic rings. The second-order valence-corrected chi connectivity index (χ2v) is 4.06. The molecule has 1 heterocycles. The van der Waals surface area contributed by atoms with Crippen molar-refractivity contribution in [2.24, 2.45) is 0 Å². The molecule has 0 aliphatic rings. The Kier molecular flexibility index (Phi) is 3.98. The van der Waals surface area contributed by atoms with E-state index in [0.29, 0.717) is 12.4 Å². The third-order valence-electron chi connectivity index (χ3n) is 2.62. The van der Waals surface area contributed by atoms with E-state index < -0.39 is 0 Å². The zero-order chi connectivity index (χ0) is 12.8. The molecule has 0 atom stereocenters. The van der Waals surface area contributed by atoms with Gasteiger partial charge >= 0.3 is 0 Å². The van der Waals surface area contributed by atoms with E-state index in [1.165, 1.54) is 0 Å². The van der Waals surface area contributed by atoms with Gasteiger partial charge in [-0.1, -0.05) is 12.1 Å². The summed E-state index contributed by atoms with van der Waals surface area (Å²) < 4.78 is 0. The van der Waals surface area contributed by atoms with Gasteiger partial charge in [-0.15, -0.1) is 12.3 Å². The summed E-state index contributed by atoms with van der Waals surface area (Å²) in [5.74, 6) is 3.02. The van der Waals surface area contributed by atoms with Crippen molar-refractivity contribution in [1.29, 1.82) is 0 Å². The monoisotopic (exact) mass is 241 g/mol. The number of unbranched alkanes of at least 4 members (excludes halogenated alkanes) is 2. The highest BCUT2D eigenvalue weighted by atomic mass is 16.1. The van der Waals surface area contributed by atoms with E-state index >= 15 is 0 Å². The first-order chi connectivity index (χ1) is 8.79. The average molecular weight is 241 g/mol. The molecule has 1 aromatic carbocycles. The second-order valence-electron chi connectivity index (χ2n) is 4.06. The molecule has 0 aliphatic carbocycles. The Labute approximate surface area is 106 Å². The molecule has 0 bridgehead atoms. The van der Waals surface area contributed by atoms with Gasteiger partial charge in [0.05, 0.1) is 11.0 Å². The number of hydrogen-bond donors (Lipinski definition) is 2. The van der Waals surface area contributed by atoms with Crippen LogP contribution in [0.15, 0.2) is 24.3 Å². The first kappa shape index (κ1) is 12.2. The molecular weight excluding hydrogens is 226 g/mol. The van der Waals surface area contributed by atoms with E-state index in [2.05, 4.69) is 21.2 Å². The maximum absolute atomic E-state index is 11.6. The number of aromatic nitrogens is 2. The molecule has 1 amide bonds. The number of rotatable bonds is 5. The van der Waals surface area contributed by atoms with Crippen molar-refractivity contribution in [3.63, 3.8) is 0 Å². The van der Waals surface area contributed by atoms with Crippen LogP contribution in [0.1, 0.15) is 25.7 Å². The van der Waals surface area contributed by atoms with Crippen molar-refractivity contribution in [3.8, 4) is 12.3 Å². The van der Waals surface area contributed by atoms with Gasteiger partial charge in [0, 0.05) is 12.8 Å². The van der Waals surface area contributed by atoms with Crippen LogP contribution in [0.3, 0.4) is 0 Å². The van der Waals surface area contributed by atoms with Gasteiger partial charge in [0.2, 0.25) is 11.9 Å². The molecule has 4 heteroatoms. The number of imidazole rings is 1. The molecular formula is C14H15N3O. The van der Waals surface area contributed by atoms with Crippen molar-refractivity contribution in [1.82, 2.24) is 9.97 Å². The molecule has 1 aromatic heterocycles. The lowest BCUT2D eigenvalue weighted by atomic mass is 10.2. The Hall–Kier alpha value is -2.28. The molecule has 92 valence electrons. The van der Waals surface area contributed by atoms with Crippen LogP contribution in [0.2, 0.25) is 0 Å². The fraction of sp³-hybridized carbons (Fsp3) is 0.286. The highest BCUT2D eigenvalue weighted by Crippen LogP contribution is 2.13. The SMILES string of the molecule is C#CCCCCC(=O)Nc1nc2ccccc2[nH]1. The first-order valence-electron chi connectivity index (χ1n) is 5.97. The van der Waals surface area contributed by atoms with Crippen LogP contribution in [-0.4, -0.2) is 15.9 Å². The number of fused-ring (bicyclic) bond motifs is 1. The summed E-state index contributed by atoms with van der Waals surface area (Å²) in [6.07, 6.45) is 8.02. The highest BCUT2D eigenvalue weighted by molar-refractivity contribution is 5.90. The van der Waals surface area contributed by atoms with Crippen LogP contribution in [-0.2, 0) is 4.79 Å². The van der Waals surface area contributed by atoms with Gasteiger partial charge in [0.1, 0.15) is 0 Å². The Morgan fingerprint density at radius 3 is 3.00 bits per heavy atom. The lowest BCUT2D eigenvalue weighted by molar-refractivity contribution is -0.116. The van der Waals surface area contributed by atoms with Gasteiger partial charge in [0.15, 0.2) is 0 Å². The molecule has 0 aliphatic heterocycles. The largest absolute Gasteiger partial charge is 0.324 e. The standard InChI is InChI=1S/C14H15N3O/c1-2-3-4-5-10-13(18)17-14-15-11-8-6-7-9-12(11)16-14/h1,6-9H,3-5,10H2,(H2,15,16,17,18). The van der Waals surface area contributed by atoms with Crippen molar-refractivity contribution in [3.05, 3.63) is 24.3 Å². The van der Waals surface area contributed by atoms with Gasteiger partial charge in [-0.3, -0.25) is 10.1 Å². The Bertz CT molecular complexity index is 547. The molecule has 0 spiro atoms. The van der Waals surface area contributed by atoms with E-state index in [0.717, 1.165) is 30.3 Å². The summed E-state index contributed by atoms with van der Waals surface area (Å²) >= 11 is 0. The van der Waals surface area contributed by atoms with E-state index in [4.69, 9.17) is 6.42 Å². The summed E-state index contributed by atoms with van der Waals surface area (Å²) in [5.41, 5.74) is 1.76. The lowest BCUT2D eigenvalue weighted by Crippen LogP contribution is -2.12. The lowest BCUT2D eigenvalue weighted by Gasteiger charge is -2.00. The number of amides is 1. The third kappa shape index (κ3) is 3.11. The predicted octanol–water partition coefficient (Wildman–Crippen LogP) is 2.70. The zero-order valence-electron chi connectivity index (χ0n) is 10.1. The fourth-order valence-corrected chi connectivity index (χ4v) is 1.72. The molecule has 4 nitrogen and oxygen atoms in total. The van der Waals surface area contributed by atoms with Crippen LogP contribution in [0.25, 0.3) is 11.0 Å². The number of H-pyrrole nitrogens is 1. The number of aromatic amines is 1. The quantitative estimate of drug-likeness (QED) is 0.624. The number of hydrogen-bond acceptors (Lipinski definition) is 2. The topological polar surface area (TPSA) is 57.8 Å². The van der Waals surface area contributed by atoms with Gasteiger partial charge in [-0.25, -0.2) is 4.98 Å². The maximum atomic E-state index is 11.6. The Morgan fingerprint density at radius 2 is 2.22 bits per heavy atom. The Morgan fingerprint density at radius 1 is 1.39 bits per heavy atom. The average Bonchev–Trinajstić information content (AvgIpc) is 2.76. The van der Waals surface area contributed by atoms with Crippen LogP contribution in [0.4, 0.5) is 5.95 Å². The van der Waals surface area contributed by atoms with E-state index in [1.54, 1.807) is 0 Å². The predicted molar refractivity (Wildman–Crippen MR) is 72.0 cm³/mol. The van der Waals surface area contributed by atoms with Crippen LogP contribution in [0.5, 0.6) is 0 Å². The van der Waals surface area contributed by atoms with Crippen LogP contribution < -0.4 is 5.32 Å². The van der Waals surface area contributed by atoms with Crippen LogP contribution >= 0.6 is 0 Å². The van der Waals surface area contributed by atoms with Crippen molar-refractivity contribution >= 4 is 22.9 Å². The third-order valence-corrected chi connectivity index (χ3v) is 2.62. The minimum absolute atomic E-state index is 0.0360. The number of carbonyl (C=O) groups excluding carboxylic acids is 1. The normalized spacial score (nSPS) is 10.2. The number of benzene rings is 1. The number of nitrogens with zero attached hydrogens (tertiary/aromatic N) is 1. The molecule has 2 N–H and O–H groups in total. The molecule has 2 rings (SSSR count). The zero-order valence-corrected chi connectivity index (χ0v) is 10.1. The van der Waals surface area contributed by atoms with Gasteiger partial charge in [-0.2, -0.15) is 0 Å². The molecule has 0 radical (unpaired) electrons. The number of anilines is 1. The minimum atomic E-state index is -0.0360. The summed E-state index contributed by atoms with van der Waals surface area (Å²) in [5, 5.41) is 2.75. The molecule has 0 unspecified atom stereocenters. The highest BCUT2D eigenvalue weighted by Gasteiger charge is 2.06. The first-order valence-corrected chi connectivity index (χ1v) is 5.97. The van der Waals surface area contributed by atoms with Gasteiger partial charge < -0.3 is 4.98 Å². The summed E-state index contributed by atoms with van der Waals surface area (Å²) in [4.78, 5) is 19.0. The van der Waals surface area contributed by atoms with Gasteiger partial charge in [0.25, 0.3) is 0 Å². The number of para-hydroxylation sites is 2. The van der Waals surface area contributed by atoms with E-state index in [9.17, 15) is 4.79 Å². The van der Waals surface area contributed by atoms with Gasteiger partial charge in [-0.05, 0) is 25.0 Å². The second kappa shape index (κ2) is 5.87.